The van der Waals surface area contributed by atoms with Crippen molar-refractivity contribution >= 4 is 16.7 Å². The molecule has 0 spiro atoms. The second-order valence-corrected chi connectivity index (χ2v) is 6.43. The van der Waals surface area contributed by atoms with Gasteiger partial charge in [0.25, 0.3) is 0 Å². The van der Waals surface area contributed by atoms with Gasteiger partial charge in [-0.3, -0.25) is 0 Å². The van der Waals surface area contributed by atoms with Crippen LogP contribution < -0.4 is 0 Å². The summed E-state index contributed by atoms with van der Waals surface area (Å²) in [6.07, 6.45) is 7.48. The molecule has 2 rings (SSSR count). The predicted octanol–water partition coefficient (Wildman–Crippen LogP) is 5.33. The maximum Gasteiger partial charge on any atom is 0.342 e. The first-order valence-electron chi connectivity index (χ1n) is 9.23. The van der Waals surface area contributed by atoms with Crippen LogP contribution in [0.15, 0.2) is 24.3 Å². The fourth-order valence-corrected chi connectivity index (χ4v) is 2.94. The van der Waals surface area contributed by atoms with E-state index < -0.39 is 5.97 Å². The fraction of sp³-hybridized carbons (Fsp3) is 0.476. The summed E-state index contributed by atoms with van der Waals surface area (Å²) in [6.45, 7) is 4.53. The Balaban J connectivity index is 2.02. The minimum Gasteiger partial charge on any atom is -0.507 e. The van der Waals surface area contributed by atoms with Crippen molar-refractivity contribution in [3.8, 4) is 11.5 Å². The summed E-state index contributed by atoms with van der Waals surface area (Å²) in [4.78, 5) is 12.2. The largest absolute Gasteiger partial charge is 0.507 e. The van der Waals surface area contributed by atoms with Crippen LogP contribution in [0.25, 0.3) is 10.8 Å². The Kier molecular flexibility index (Phi) is 7.11. The molecule has 4 heteroatoms. The maximum atomic E-state index is 12.2. The Morgan fingerprint density at radius 2 is 1.68 bits per heavy atom. The number of carbonyl (C=O) groups excluding carboxylic acids is 1. The molecule has 0 bridgehead atoms. The summed E-state index contributed by atoms with van der Waals surface area (Å²) in [5, 5.41) is 21.6. The quantitative estimate of drug-likeness (QED) is 0.366. The van der Waals surface area contributed by atoms with Crippen LogP contribution in [0.3, 0.4) is 0 Å². The molecule has 0 saturated heterocycles. The molecule has 2 aromatic rings. The number of fused-ring (bicyclic) bond motifs is 1. The summed E-state index contributed by atoms with van der Waals surface area (Å²) in [6, 6.07) is 6.73. The number of benzene rings is 2. The van der Waals surface area contributed by atoms with Gasteiger partial charge in [-0.05, 0) is 30.5 Å². The Morgan fingerprint density at radius 3 is 2.40 bits per heavy atom. The van der Waals surface area contributed by atoms with Crippen molar-refractivity contribution in [1.29, 1.82) is 0 Å². The number of aromatic hydroxyl groups is 2. The van der Waals surface area contributed by atoms with Crippen molar-refractivity contribution in [2.24, 2.45) is 0 Å². The average Bonchev–Trinajstić information content (AvgIpc) is 2.63. The second kappa shape index (κ2) is 9.30. The molecular formula is C21H28O4. The van der Waals surface area contributed by atoms with Gasteiger partial charge in [0.05, 0.1) is 6.61 Å². The van der Waals surface area contributed by atoms with E-state index >= 15 is 0 Å². The smallest absolute Gasteiger partial charge is 0.342 e. The van der Waals surface area contributed by atoms with Crippen LogP contribution in [0.1, 0.15) is 68.3 Å². The Bertz CT molecular complexity index is 721. The van der Waals surface area contributed by atoms with Crippen molar-refractivity contribution in [1.82, 2.24) is 0 Å². The van der Waals surface area contributed by atoms with Crippen LogP contribution in [0.2, 0.25) is 0 Å². The highest BCUT2D eigenvalue weighted by Crippen LogP contribution is 2.36. The zero-order valence-electron chi connectivity index (χ0n) is 15.2. The summed E-state index contributed by atoms with van der Waals surface area (Å²) >= 11 is 0. The van der Waals surface area contributed by atoms with E-state index in [1.807, 2.05) is 19.1 Å². The number of ether oxygens (including phenoxy) is 1. The van der Waals surface area contributed by atoms with Gasteiger partial charge >= 0.3 is 5.97 Å². The molecule has 0 saturated carbocycles. The van der Waals surface area contributed by atoms with Crippen LogP contribution in [-0.4, -0.2) is 22.8 Å². The van der Waals surface area contributed by atoms with E-state index in [2.05, 4.69) is 6.92 Å². The monoisotopic (exact) mass is 344 g/mol. The summed E-state index contributed by atoms with van der Waals surface area (Å²) in [5.74, 6) is -0.749. The van der Waals surface area contributed by atoms with Crippen molar-refractivity contribution in [2.45, 2.75) is 58.8 Å². The van der Waals surface area contributed by atoms with Crippen LogP contribution in [0.5, 0.6) is 11.5 Å². The van der Waals surface area contributed by atoms with Crippen molar-refractivity contribution in [3.63, 3.8) is 0 Å². The molecule has 0 aliphatic carbocycles. The predicted molar refractivity (Wildman–Crippen MR) is 100 cm³/mol. The second-order valence-electron chi connectivity index (χ2n) is 6.43. The number of rotatable bonds is 9. The van der Waals surface area contributed by atoms with Gasteiger partial charge in [-0.2, -0.15) is 0 Å². The molecule has 0 fully saturated rings. The molecule has 0 unspecified atom stereocenters. The highest BCUT2D eigenvalue weighted by Gasteiger charge is 2.18. The van der Waals surface area contributed by atoms with E-state index in [0.717, 1.165) is 31.2 Å². The molecule has 0 heterocycles. The highest BCUT2D eigenvalue weighted by molar-refractivity contribution is 6.03. The third-order valence-corrected chi connectivity index (χ3v) is 4.51. The summed E-state index contributed by atoms with van der Waals surface area (Å²) in [5.41, 5.74) is 1.07. The van der Waals surface area contributed by atoms with E-state index in [4.69, 9.17) is 4.74 Å². The SMILES string of the molecule is CCCCCCCCOC(=O)c1cc(O)c2cc(CC)ccc2c1O. The number of phenolic OH excluding ortho intramolecular Hbond substituents is 2. The van der Waals surface area contributed by atoms with Gasteiger partial charge in [-0.15, -0.1) is 0 Å². The van der Waals surface area contributed by atoms with Crippen LogP contribution in [0, 0.1) is 0 Å². The van der Waals surface area contributed by atoms with Crippen LogP contribution in [0.4, 0.5) is 0 Å². The number of carbonyl (C=O) groups is 1. The molecule has 2 N–H and O–H groups in total. The number of esters is 1. The average molecular weight is 344 g/mol. The Labute approximate surface area is 149 Å². The molecule has 0 atom stereocenters. The van der Waals surface area contributed by atoms with Crippen LogP contribution in [-0.2, 0) is 11.2 Å². The minimum atomic E-state index is -0.595. The first-order valence-corrected chi connectivity index (χ1v) is 9.23. The number of hydrogen-bond donors (Lipinski definition) is 2. The molecule has 136 valence electrons. The molecule has 0 aromatic heterocycles. The molecule has 4 nitrogen and oxygen atoms in total. The molecule has 0 amide bonds. The van der Waals surface area contributed by atoms with Gasteiger partial charge in [0.1, 0.15) is 17.1 Å². The van der Waals surface area contributed by atoms with Crippen molar-refractivity contribution in [3.05, 3.63) is 35.4 Å². The first-order chi connectivity index (χ1) is 12.1. The Morgan fingerprint density at radius 1 is 0.960 bits per heavy atom. The van der Waals surface area contributed by atoms with E-state index in [1.54, 1.807) is 6.07 Å². The van der Waals surface area contributed by atoms with Gasteiger partial charge in [0.2, 0.25) is 0 Å². The lowest BCUT2D eigenvalue weighted by molar-refractivity contribution is 0.0494. The lowest BCUT2D eigenvalue weighted by atomic mass is 10.0. The number of unbranched alkanes of at least 4 members (excludes halogenated alkanes) is 5. The van der Waals surface area contributed by atoms with Gasteiger partial charge < -0.3 is 14.9 Å². The maximum absolute atomic E-state index is 12.2. The topological polar surface area (TPSA) is 66.8 Å². The zero-order chi connectivity index (χ0) is 18.2. The Hall–Kier alpha value is -2.23. The molecule has 25 heavy (non-hydrogen) atoms. The number of aryl methyl sites for hydroxylation is 1. The van der Waals surface area contributed by atoms with Gasteiger partial charge in [-0.25, -0.2) is 4.79 Å². The molecular weight excluding hydrogens is 316 g/mol. The first kappa shape index (κ1) is 19.1. The van der Waals surface area contributed by atoms with Gasteiger partial charge in [-0.1, -0.05) is 58.1 Å². The lowest BCUT2D eigenvalue weighted by Gasteiger charge is -2.11. The van der Waals surface area contributed by atoms with Crippen LogP contribution >= 0.6 is 0 Å². The molecule has 0 aliphatic rings. The minimum absolute atomic E-state index is 0.0141. The van der Waals surface area contributed by atoms with Gasteiger partial charge in [0.15, 0.2) is 0 Å². The number of hydrogen-bond acceptors (Lipinski definition) is 4. The third-order valence-electron chi connectivity index (χ3n) is 4.51. The zero-order valence-corrected chi connectivity index (χ0v) is 15.2. The third kappa shape index (κ3) is 4.88. The fourth-order valence-electron chi connectivity index (χ4n) is 2.94. The van der Waals surface area contributed by atoms with E-state index in [0.29, 0.717) is 17.4 Å². The molecule has 0 radical (unpaired) electrons. The van der Waals surface area contributed by atoms with Crippen molar-refractivity contribution in [2.75, 3.05) is 6.61 Å². The highest BCUT2D eigenvalue weighted by atomic mass is 16.5. The van der Waals surface area contributed by atoms with E-state index in [9.17, 15) is 15.0 Å². The standard InChI is InChI=1S/C21H28O4/c1-3-5-6-7-8-9-12-25-21(24)18-14-19(22)17-13-15(4-2)10-11-16(17)20(18)23/h10-11,13-14,22-23H,3-9,12H2,1-2H3. The number of phenols is 2. The normalized spacial score (nSPS) is 11.0. The summed E-state index contributed by atoms with van der Waals surface area (Å²) < 4.78 is 5.25. The lowest BCUT2D eigenvalue weighted by Crippen LogP contribution is -2.07. The van der Waals surface area contributed by atoms with E-state index in [-0.39, 0.29) is 17.1 Å². The van der Waals surface area contributed by atoms with Gasteiger partial charge in [0, 0.05) is 10.8 Å². The molecule has 2 aromatic carbocycles. The molecule has 0 aliphatic heterocycles. The van der Waals surface area contributed by atoms with Crippen molar-refractivity contribution < 1.29 is 19.7 Å². The summed E-state index contributed by atoms with van der Waals surface area (Å²) in [7, 11) is 0. The van der Waals surface area contributed by atoms with E-state index in [1.165, 1.54) is 25.3 Å².